The van der Waals surface area contributed by atoms with Gasteiger partial charge in [0.1, 0.15) is 0 Å². The van der Waals surface area contributed by atoms with Gasteiger partial charge in [0.2, 0.25) is 0 Å². The van der Waals surface area contributed by atoms with Gasteiger partial charge in [0.15, 0.2) is 0 Å². The molecule has 2 aromatic rings. The first-order chi connectivity index (χ1) is 11.2. The molecule has 0 aliphatic rings. The van der Waals surface area contributed by atoms with Crippen molar-refractivity contribution >= 4 is 23.3 Å². The summed E-state index contributed by atoms with van der Waals surface area (Å²) in [6, 6.07) is 11.9. The van der Waals surface area contributed by atoms with Crippen LogP contribution in [0, 0.1) is 0 Å². The Morgan fingerprint density at radius 2 is 1.67 bits per heavy atom. The predicted octanol–water partition coefficient (Wildman–Crippen LogP) is 3.61. The number of hydrogen-bond donors (Lipinski definition) is 2. The molecule has 0 aliphatic heterocycles. The molecule has 3 N–H and O–H groups in total. The van der Waals surface area contributed by atoms with Gasteiger partial charge >= 0.3 is 5.97 Å². The molecular formula is C19H22N2O3. The molecular weight excluding hydrogens is 304 g/mol. The largest absolute Gasteiger partial charge is 0.465 e. The molecule has 0 radical (unpaired) electrons. The van der Waals surface area contributed by atoms with Gasteiger partial charge in [0.25, 0.3) is 5.91 Å². The first kappa shape index (κ1) is 17.5. The summed E-state index contributed by atoms with van der Waals surface area (Å²) in [4.78, 5) is 23.8. The lowest BCUT2D eigenvalue weighted by atomic mass is 9.86. The van der Waals surface area contributed by atoms with E-state index in [1.54, 1.807) is 30.3 Å². The van der Waals surface area contributed by atoms with Crippen molar-refractivity contribution in [2.45, 2.75) is 26.2 Å². The number of methoxy groups -OCH3 is 1. The van der Waals surface area contributed by atoms with E-state index in [1.165, 1.54) is 7.11 Å². The number of anilines is 2. The first-order valence-corrected chi connectivity index (χ1v) is 7.62. The van der Waals surface area contributed by atoms with Crippen molar-refractivity contribution in [2.75, 3.05) is 18.2 Å². The molecule has 0 atom stereocenters. The Bertz CT molecular complexity index is 759. The van der Waals surface area contributed by atoms with E-state index in [-0.39, 0.29) is 11.3 Å². The molecule has 126 valence electrons. The summed E-state index contributed by atoms with van der Waals surface area (Å²) in [5.41, 5.74) is 8.92. The predicted molar refractivity (Wildman–Crippen MR) is 95.3 cm³/mol. The third-order valence-corrected chi connectivity index (χ3v) is 3.73. The zero-order valence-corrected chi connectivity index (χ0v) is 14.3. The highest BCUT2D eigenvalue weighted by Gasteiger charge is 2.17. The van der Waals surface area contributed by atoms with Crippen molar-refractivity contribution in [1.29, 1.82) is 0 Å². The monoisotopic (exact) mass is 326 g/mol. The Morgan fingerprint density at radius 1 is 1.04 bits per heavy atom. The number of amides is 1. The second-order valence-corrected chi connectivity index (χ2v) is 6.58. The number of nitrogens with two attached hydrogens (primary N) is 1. The van der Waals surface area contributed by atoms with E-state index < -0.39 is 5.97 Å². The summed E-state index contributed by atoms with van der Waals surface area (Å²) >= 11 is 0. The standard InChI is InChI=1S/C19H22N2O3/c1-19(2,3)13-7-10-15(16(20)11-13)17(22)21-14-8-5-12(6-9-14)18(23)24-4/h5-11H,20H2,1-4H3,(H,21,22). The molecule has 0 saturated heterocycles. The molecule has 0 unspecified atom stereocenters. The molecule has 5 nitrogen and oxygen atoms in total. The van der Waals surface area contributed by atoms with Gasteiger partial charge in [0, 0.05) is 11.4 Å². The summed E-state index contributed by atoms with van der Waals surface area (Å²) in [6.45, 7) is 6.26. The van der Waals surface area contributed by atoms with Crippen molar-refractivity contribution in [2.24, 2.45) is 0 Å². The average molecular weight is 326 g/mol. The Kier molecular flexibility index (Phi) is 4.93. The van der Waals surface area contributed by atoms with Crippen molar-refractivity contribution in [1.82, 2.24) is 0 Å². The minimum Gasteiger partial charge on any atom is -0.465 e. The Morgan fingerprint density at radius 3 is 2.17 bits per heavy atom. The fourth-order valence-electron chi connectivity index (χ4n) is 2.24. The van der Waals surface area contributed by atoms with Crippen LogP contribution in [0.25, 0.3) is 0 Å². The summed E-state index contributed by atoms with van der Waals surface area (Å²) < 4.78 is 4.64. The highest BCUT2D eigenvalue weighted by molar-refractivity contribution is 6.08. The number of nitrogens with one attached hydrogen (secondary N) is 1. The van der Waals surface area contributed by atoms with Crippen LogP contribution in [0.2, 0.25) is 0 Å². The van der Waals surface area contributed by atoms with Gasteiger partial charge in [-0.05, 0) is 47.4 Å². The topological polar surface area (TPSA) is 81.4 Å². The van der Waals surface area contributed by atoms with Crippen LogP contribution in [0.5, 0.6) is 0 Å². The quantitative estimate of drug-likeness (QED) is 0.667. The second kappa shape index (κ2) is 6.74. The minimum atomic E-state index is -0.421. The average Bonchev–Trinajstić information content (AvgIpc) is 2.53. The number of rotatable bonds is 3. The van der Waals surface area contributed by atoms with Crippen molar-refractivity contribution in [3.63, 3.8) is 0 Å². The van der Waals surface area contributed by atoms with Crippen LogP contribution in [-0.2, 0) is 10.2 Å². The normalized spacial score (nSPS) is 11.0. The van der Waals surface area contributed by atoms with Crippen LogP contribution in [0.4, 0.5) is 11.4 Å². The van der Waals surface area contributed by atoms with Crippen LogP contribution in [0.15, 0.2) is 42.5 Å². The fraction of sp³-hybridized carbons (Fsp3) is 0.263. The number of ether oxygens (including phenoxy) is 1. The fourth-order valence-corrected chi connectivity index (χ4v) is 2.24. The van der Waals surface area contributed by atoms with E-state index in [0.717, 1.165) is 5.56 Å². The van der Waals surface area contributed by atoms with Crippen molar-refractivity contribution in [3.8, 4) is 0 Å². The number of hydrogen-bond acceptors (Lipinski definition) is 4. The van der Waals surface area contributed by atoms with E-state index in [1.807, 2.05) is 12.1 Å². The van der Waals surface area contributed by atoms with Crippen LogP contribution in [-0.4, -0.2) is 19.0 Å². The molecule has 0 spiro atoms. The van der Waals surface area contributed by atoms with Crippen LogP contribution in [0.3, 0.4) is 0 Å². The third-order valence-electron chi connectivity index (χ3n) is 3.73. The van der Waals surface area contributed by atoms with Gasteiger partial charge in [-0.2, -0.15) is 0 Å². The number of esters is 1. The number of carbonyl (C=O) groups excluding carboxylic acids is 2. The van der Waals surface area contributed by atoms with Crippen LogP contribution >= 0.6 is 0 Å². The van der Waals surface area contributed by atoms with E-state index in [0.29, 0.717) is 22.5 Å². The summed E-state index contributed by atoms with van der Waals surface area (Å²) in [5, 5.41) is 2.77. The molecule has 0 aliphatic carbocycles. The molecule has 2 rings (SSSR count). The van der Waals surface area contributed by atoms with Gasteiger partial charge in [0.05, 0.1) is 18.2 Å². The van der Waals surface area contributed by atoms with E-state index in [4.69, 9.17) is 5.73 Å². The van der Waals surface area contributed by atoms with Crippen LogP contribution in [0.1, 0.15) is 47.1 Å². The first-order valence-electron chi connectivity index (χ1n) is 7.62. The Labute approximate surface area is 141 Å². The van der Waals surface area contributed by atoms with E-state index in [2.05, 4.69) is 30.8 Å². The van der Waals surface area contributed by atoms with E-state index in [9.17, 15) is 9.59 Å². The van der Waals surface area contributed by atoms with E-state index >= 15 is 0 Å². The van der Waals surface area contributed by atoms with Gasteiger partial charge < -0.3 is 15.8 Å². The maximum atomic E-state index is 12.4. The van der Waals surface area contributed by atoms with Gasteiger partial charge in [-0.25, -0.2) is 4.79 Å². The molecule has 0 bridgehead atoms. The number of nitrogen functional groups attached to an aromatic ring is 1. The highest BCUT2D eigenvalue weighted by atomic mass is 16.5. The maximum absolute atomic E-state index is 12.4. The van der Waals surface area contributed by atoms with Crippen molar-refractivity contribution in [3.05, 3.63) is 59.2 Å². The molecule has 2 aromatic carbocycles. The Hall–Kier alpha value is -2.82. The lowest BCUT2D eigenvalue weighted by Crippen LogP contribution is -2.16. The van der Waals surface area contributed by atoms with Crippen molar-refractivity contribution < 1.29 is 14.3 Å². The molecule has 0 heterocycles. The molecule has 0 aromatic heterocycles. The molecule has 0 fully saturated rings. The molecule has 1 amide bonds. The smallest absolute Gasteiger partial charge is 0.337 e. The Balaban J connectivity index is 2.16. The lowest BCUT2D eigenvalue weighted by molar-refractivity contribution is 0.0600. The zero-order valence-electron chi connectivity index (χ0n) is 14.3. The van der Waals surface area contributed by atoms with Gasteiger partial charge in [-0.3, -0.25) is 4.79 Å². The molecule has 0 saturated carbocycles. The molecule has 24 heavy (non-hydrogen) atoms. The number of benzene rings is 2. The lowest BCUT2D eigenvalue weighted by Gasteiger charge is -2.20. The summed E-state index contributed by atoms with van der Waals surface area (Å²) in [5.74, 6) is -0.714. The van der Waals surface area contributed by atoms with Gasteiger partial charge in [-0.15, -0.1) is 0 Å². The van der Waals surface area contributed by atoms with Crippen LogP contribution < -0.4 is 11.1 Å². The zero-order chi connectivity index (χ0) is 17.9. The van der Waals surface area contributed by atoms with Gasteiger partial charge in [-0.1, -0.05) is 26.8 Å². The third kappa shape index (κ3) is 3.93. The number of carbonyl (C=O) groups is 2. The summed E-state index contributed by atoms with van der Waals surface area (Å²) in [6.07, 6.45) is 0. The highest BCUT2D eigenvalue weighted by Crippen LogP contribution is 2.26. The molecule has 5 heteroatoms. The summed E-state index contributed by atoms with van der Waals surface area (Å²) in [7, 11) is 1.32. The second-order valence-electron chi connectivity index (χ2n) is 6.58. The SMILES string of the molecule is COC(=O)c1ccc(NC(=O)c2ccc(C(C)(C)C)cc2N)cc1. The maximum Gasteiger partial charge on any atom is 0.337 e. The minimum absolute atomic E-state index is 0.0349.